The Balaban J connectivity index is 1.69. The summed E-state index contributed by atoms with van der Waals surface area (Å²) >= 11 is 0. The first-order chi connectivity index (χ1) is 11.2. The topological polar surface area (TPSA) is 82.7 Å². The van der Waals surface area contributed by atoms with Crippen molar-refractivity contribution in [3.63, 3.8) is 0 Å². The third-order valence-corrected chi connectivity index (χ3v) is 4.21. The molecule has 0 spiro atoms. The van der Waals surface area contributed by atoms with E-state index < -0.39 is 0 Å². The number of amides is 1. The number of rotatable bonds is 3. The van der Waals surface area contributed by atoms with Crippen molar-refractivity contribution in [2.24, 2.45) is 0 Å². The van der Waals surface area contributed by atoms with Gasteiger partial charge < -0.3 is 15.6 Å². The fourth-order valence-corrected chi connectivity index (χ4v) is 2.78. The molecule has 6 nitrogen and oxygen atoms in total. The Labute approximate surface area is 133 Å². The van der Waals surface area contributed by atoms with Crippen molar-refractivity contribution in [3.8, 4) is 11.4 Å². The summed E-state index contributed by atoms with van der Waals surface area (Å²) in [5.41, 5.74) is 4.08. The molecule has 3 heterocycles. The zero-order valence-corrected chi connectivity index (χ0v) is 12.8. The SMILES string of the molecule is Cc1c(-c2cncc(C(=O)NC3CNC3)n2)[nH]c2ccccc12. The fourth-order valence-electron chi connectivity index (χ4n) is 2.78. The molecule has 116 valence electrons. The Hall–Kier alpha value is -2.73. The normalized spacial score (nSPS) is 14.7. The van der Waals surface area contributed by atoms with Gasteiger partial charge in [-0.2, -0.15) is 0 Å². The smallest absolute Gasteiger partial charge is 0.271 e. The number of H-pyrrole nitrogens is 1. The van der Waals surface area contributed by atoms with Crippen LogP contribution in [0.25, 0.3) is 22.3 Å². The van der Waals surface area contributed by atoms with E-state index in [2.05, 4.69) is 31.7 Å². The van der Waals surface area contributed by atoms with Gasteiger partial charge in [-0.3, -0.25) is 9.78 Å². The van der Waals surface area contributed by atoms with E-state index in [1.54, 1.807) is 6.20 Å². The second-order valence-corrected chi connectivity index (χ2v) is 5.79. The quantitative estimate of drug-likeness (QED) is 0.687. The summed E-state index contributed by atoms with van der Waals surface area (Å²) in [7, 11) is 0. The Kier molecular flexibility index (Phi) is 3.31. The summed E-state index contributed by atoms with van der Waals surface area (Å²) in [5.74, 6) is -0.181. The zero-order chi connectivity index (χ0) is 15.8. The highest BCUT2D eigenvalue weighted by molar-refractivity contribution is 5.93. The third kappa shape index (κ3) is 2.47. The second kappa shape index (κ2) is 5.48. The molecule has 1 aromatic carbocycles. The molecule has 1 amide bonds. The highest BCUT2D eigenvalue weighted by atomic mass is 16.2. The average Bonchev–Trinajstić information content (AvgIpc) is 2.88. The van der Waals surface area contributed by atoms with Gasteiger partial charge in [0.1, 0.15) is 11.4 Å². The number of hydrogen-bond donors (Lipinski definition) is 3. The van der Waals surface area contributed by atoms with Gasteiger partial charge in [-0.25, -0.2) is 4.98 Å². The van der Waals surface area contributed by atoms with Gasteiger partial charge in [0.15, 0.2) is 0 Å². The summed E-state index contributed by atoms with van der Waals surface area (Å²) in [6.07, 6.45) is 3.18. The van der Waals surface area contributed by atoms with Gasteiger partial charge in [-0.15, -0.1) is 0 Å². The maximum atomic E-state index is 12.2. The molecular formula is C17H17N5O. The highest BCUT2D eigenvalue weighted by Crippen LogP contribution is 2.27. The lowest BCUT2D eigenvalue weighted by molar-refractivity contribution is 0.0918. The number of para-hydroxylation sites is 1. The monoisotopic (exact) mass is 307 g/mol. The molecule has 1 fully saturated rings. The predicted octanol–water partition coefficient (Wildman–Crippen LogP) is 1.63. The van der Waals surface area contributed by atoms with Gasteiger partial charge in [0.05, 0.1) is 24.1 Å². The minimum absolute atomic E-state index is 0.181. The number of carbonyl (C=O) groups is 1. The molecule has 3 aromatic rings. The van der Waals surface area contributed by atoms with E-state index in [1.165, 1.54) is 6.20 Å². The summed E-state index contributed by atoms with van der Waals surface area (Å²) < 4.78 is 0. The van der Waals surface area contributed by atoms with Gasteiger partial charge >= 0.3 is 0 Å². The van der Waals surface area contributed by atoms with Crippen LogP contribution >= 0.6 is 0 Å². The maximum absolute atomic E-state index is 12.2. The molecule has 1 aliphatic rings. The van der Waals surface area contributed by atoms with Gasteiger partial charge in [-0.05, 0) is 18.6 Å². The average molecular weight is 307 g/mol. The number of carbonyl (C=O) groups excluding carboxylic acids is 1. The molecule has 0 radical (unpaired) electrons. The van der Waals surface area contributed by atoms with Crippen LogP contribution in [0.4, 0.5) is 0 Å². The molecule has 0 saturated carbocycles. The Morgan fingerprint density at radius 1 is 1.26 bits per heavy atom. The zero-order valence-electron chi connectivity index (χ0n) is 12.8. The van der Waals surface area contributed by atoms with Gasteiger partial charge in [0, 0.05) is 24.0 Å². The number of hydrogen-bond acceptors (Lipinski definition) is 4. The van der Waals surface area contributed by atoms with Crippen LogP contribution in [0.1, 0.15) is 16.1 Å². The Bertz CT molecular complexity index is 882. The lowest BCUT2D eigenvalue weighted by Gasteiger charge is -2.27. The fraction of sp³-hybridized carbons (Fsp3) is 0.235. The van der Waals surface area contributed by atoms with Crippen molar-refractivity contribution in [2.45, 2.75) is 13.0 Å². The summed E-state index contributed by atoms with van der Waals surface area (Å²) in [5, 5.41) is 7.21. The van der Waals surface area contributed by atoms with Crippen LogP contribution in [0.3, 0.4) is 0 Å². The first kappa shape index (κ1) is 13.9. The number of fused-ring (bicyclic) bond motifs is 1. The summed E-state index contributed by atoms with van der Waals surface area (Å²) in [6.45, 7) is 3.66. The molecule has 0 unspecified atom stereocenters. The van der Waals surface area contributed by atoms with Crippen LogP contribution in [0.5, 0.6) is 0 Å². The van der Waals surface area contributed by atoms with Crippen LogP contribution < -0.4 is 10.6 Å². The molecular weight excluding hydrogens is 290 g/mol. The van der Waals surface area contributed by atoms with E-state index in [4.69, 9.17) is 0 Å². The number of aromatic nitrogens is 3. The second-order valence-electron chi connectivity index (χ2n) is 5.79. The van der Waals surface area contributed by atoms with E-state index in [0.29, 0.717) is 11.4 Å². The largest absolute Gasteiger partial charge is 0.353 e. The van der Waals surface area contributed by atoms with Gasteiger partial charge in [0.2, 0.25) is 0 Å². The minimum atomic E-state index is -0.181. The molecule has 3 N–H and O–H groups in total. The van der Waals surface area contributed by atoms with Crippen molar-refractivity contribution in [1.29, 1.82) is 0 Å². The lowest BCUT2D eigenvalue weighted by atomic mass is 10.1. The maximum Gasteiger partial charge on any atom is 0.271 e. The van der Waals surface area contributed by atoms with Crippen molar-refractivity contribution in [3.05, 3.63) is 47.9 Å². The van der Waals surface area contributed by atoms with E-state index in [9.17, 15) is 4.79 Å². The number of nitrogens with zero attached hydrogens (tertiary/aromatic N) is 2. The van der Waals surface area contributed by atoms with Crippen LogP contribution in [-0.2, 0) is 0 Å². The van der Waals surface area contributed by atoms with E-state index in [0.717, 1.165) is 35.2 Å². The van der Waals surface area contributed by atoms with Crippen LogP contribution in [0, 0.1) is 6.92 Å². The number of aryl methyl sites for hydroxylation is 1. The van der Waals surface area contributed by atoms with Gasteiger partial charge in [-0.1, -0.05) is 18.2 Å². The van der Waals surface area contributed by atoms with Crippen LogP contribution in [-0.4, -0.2) is 40.0 Å². The van der Waals surface area contributed by atoms with Crippen molar-refractivity contribution < 1.29 is 4.79 Å². The summed E-state index contributed by atoms with van der Waals surface area (Å²) in [6, 6.07) is 8.28. The molecule has 0 aliphatic carbocycles. The minimum Gasteiger partial charge on any atom is -0.353 e. The molecule has 23 heavy (non-hydrogen) atoms. The van der Waals surface area contributed by atoms with Crippen molar-refractivity contribution in [2.75, 3.05) is 13.1 Å². The van der Waals surface area contributed by atoms with E-state index >= 15 is 0 Å². The predicted molar refractivity (Wildman–Crippen MR) is 88.2 cm³/mol. The van der Waals surface area contributed by atoms with E-state index in [1.807, 2.05) is 25.1 Å². The molecule has 1 saturated heterocycles. The molecule has 0 atom stereocenters. The Morgan fingerprint density at radius 2 is 2.09 bits per heavy atom. The summed E-state index contributed by atoms with van der Waals surface area (Å²) in [4.78, 5) is 24.3. The van der Waals surface area contributed by atoms with Crippen molar-refractivity contribution >= 4 is 16.8 Å². The lowest BCUT2D eigenvalue weighted by Crippen LogP contribution is -2.57. The Morgan fingerprint density at radius 3 is 2.83 bits per heavy atom. The third-order valence-electron chi connectivity index (χ3n) is 4.21. The van der Waals surface area contributed by atoms with Crippen LogP contribution in [0.15, 0.2) is 36.7 Å². The molecule has 0 bridgehead atoms. The molecule has 4 rings (SSSR count). The number of benzene rings is 1. The molecule has 2 aromatic heterocycles. The first-order valence-corrected chi connectivity index (χ1v) is 7.63. The molecule has 6 heteroatoms. The van der Waals surface area contributed by atoms with Crippen molar-refractivity contribution in [1.82, 2.24) is 25.6 Å². The number of aromatic amines is 1. The highest BCUT2D eigenvalue weighted by Gasteiger charge is 2.21. The van der Waals surface area contributed by atoms with Crippen LogP contribution in [0.2, 0.25) is 0 Å². The molecule has 1 aliphatic heterocycles. The number of nitrogens with one attached hydrogen (secondary N) is 3. The van der Waals surface area contributed by atoms with E-state index in [-0.39, 0.29) is 11.9 Å². The first-order valence-electron chi connectivity index (χ1n) is 7.63. The standard InChI is InChI=1S/C17H17N5O/c1-10-12-4-2-3-5-13(12)22-16(10)14-8-19-9-15(21-14)17(23)20-11-6-18-7-11/h2-5,8-9,11,18,22H,6-7H2,1H3,(H,20,23). The van der Waals surface area contributed by atoms with Gasteiger partial charge in [0.25, 0.3) is 5.91 Å².